The van der Waals surface area contributed by atoms with Gasteiger partial charge < -0.3 is 15.7 Å². The molecule has 1 atom stereocenters. The predicted molar refractivity (Wildman–Crippen MR) is 123 cm³/mol. The van der Waals surface area contributed by atoms with Gasteiger partial charge in [-0.2, -0.15) is 0 Å². The Kier molecular flexibility index (Phi) is 6.91. The average Bonchev–Trinajstić information content (AvgIpc) is 2.82. The molecule has 3 N–H and O–H groups in total. The van der Waals surface area contributed by atoms with Gasteiger partial charge in [-0.15, -0.1) is 4.91 Å². The molecule has 0 spiro atoms. The average molecular weight is 474 g/mol. The standard InChI is InChI=1S/C21H22N4O7S/c1-4-25(32-3)33(30,31)21-15(26)11-10-14(16(21)24-29)23-18-17(19(27)20(18)28)22-12(2)13-8-6-5-7-9-13/h5-12,22-23,26H,4H2,1-3H3. The van der Waals surface area contributed by atoms with E-state index >= 15 is 0 Å². The number of phenolic OH excluding ortho intramolecular Hbond substituents is 1. The van der Waals surface area contributed by atoms with Gasteiger partial charge in [0.05, 0.1) is 12.8 Å². The van der Waals surface area contributed by atoms with Crippen molar-refractivity contribution in [2.45, 2.75) is 24.8 Å². The highest BCUT2D eigenvalue weighted by Crippen LogP contribution is 2.42. The number of hydrogen-bond acceptors (Lipinski definition) is 10. The van der Waals surface area contributed by atoms with E-state index in [0.29, 0.717) is 4.47 Å². The maximum Gasteiger partial charge on any atom is 0.271 e. The van der Waals surface area contributed by atoms with E-state index in [1.165, 1.54) is 13.0 Å². The molecular formula is C21H22N4O7S. The summed E-state index contributed by atoms with van der Waals surface area (Å²) in [6.45, 7) is 3.17. The number of sulfonamides is 1. The van der Waals surface area contributed by atoms with E-state index < -0.39 is 37.2 Å². The number of rotatable bonds is 10. The molecule has 11 nitrogen and oxygen atoms in total. The number of hydrogen-bond donors (Lipinski definition) is 3. The van der Waals surface area contributed by atoms with E-state index in [-0.39, 0.29) is 29.6 Å². The van der Waals surface area contributed by atoms with Crippen LogP contribution in [0.25, 0.3) is 0 Å². The number of nitrogens with zero attached hydrogens (tertiary/aromatic N) is 2. The Balaban J connectivity index is 2.02. The van der Waals surface area contributed by atoms with E-state index in [0.717, 1.165) is 18.7 Å². The van der Waals surface area contributed by atoms with Crippen LogP contribution in [0.1, 0.15) is 25.5 Å². The second kappa shape index (κ2) is 9.48. The van der Waals surface area contributed by atoms with E-state index in [4.69, 9.17) is 4.84 Å². The third kappa shape index (κ3) is 4.35. The Morgan fingerprint density at radius 2 is 1.73 bits per heavy atom. The van der Waals surface area contributed by atoms with Crippen LogP contribution in [0, 0.1) is 4.91 Å². The highest BCUT2D eigenvalue weighted by Gasteiger charge is 2.33. The summed E-state index contributed by atoms with van der Waals surface area (Å²) >= 11 is 0. The summed E-state index contributed by atoms with van der Waals surface area (Å²) in [4.78, 5) is 40.0. The first kappa shape index (κ1) is 24.0. The number of aromatic hydroxyl groups is 1. The molecule has 0 fully saturated rings. The lowest BCUT2D eigenvalue weighted by Gasteiger charge is -2.22. The molecule has 0 saturated heterocycles. The summed E-state index contributed by atoms with van der Waals surface area (Å²) in [5.41, 5.74) is -1.76. The van der Waals surface area contributed by atoms with Crippen molar-refractivity contribution in [1.29, 1.82) is 0 Å². The van der Waals surface area contributed by atoms with Crippen LogP contribution in [0.5, 0.6) is 5.75 Å². The Morgan fingerprint density at radius 1 is 1.09 bits per heavy atom. The molecule has 12 heteroatoms. The quantitative estimate of drug-likeness (QED) is 0.174. The number of nitrogens with one attached hydrogen (secondary N) is 2. The monoisotopic (exact) mass is 474 g/mol. The summed E-state index contributed by atoms with van der Waals surface area (Å²) < 4.78 is 26.3. The molecule has 1 unspecified atom stereocenters. The van der Waals surface area contributed by atoms with Crippen LogP contribution in [0.15, 0.2) is 62.1 Å². The Labute approximate surface area is 189 Å². The molecule has 0 aliphatic rings. The largest absolute Gasteiger partial charge is 0.506 e. The van der Waals surface area contributed by atoms with E-state index in [1.54, 1.807) is 6.92 Å². The SMILES string of the molecule is CCN(OC)S(=O)(=O)c1c(O)ccc(Nc2c(NC(C)c3ccccc3)c(=O)c2=O)c1N=O. The number of phenols is 1. The minimum Gasteiger partial charge on any atom is -0.506 e. The highest BCUT2D eigenvalue weighted by atomic mass is 32.2. The molecule has 3 aromatic carbocycles. The van der Waals surface area contributed by atoms with Crippen molar-refractivity contribution in [3.05, 3.63) is 73.4 Å². The van der Waals surface area contributed by atoms with Gasteiger partial charge in [0, 0.05) is 12.6 Å². The van der Waals surface area contributed by atoms with Crippen molar-refractivity contribution >= 4 is 32.8 Å². The van der Waals surface area contributed by atoms with Crippen LogP contribution in [-0.4, -0.2) is 31.6 Å². The molecule has 0 aromatic heterocycles. The lowest BCUT2D eigenvalue weighted by Crippen LogP contribution is -2.37. The van der Waals surface area contributed by atoms with Crippen LogP contribution in [0.4, 0.5) is 22.7 Å². The smallest absolute Gasteiger partial charge is 0.271 e. The van der Waals surface area contributed by atoms with Crippen LogP contribution < -0.4 is 21.5 Å². The molecule has 0 radical (unpaired) electrons. The maximum atomic E-state index is 12.9. The predicted octanol–water partition coefficient (Wildman–Crippen LogP) is 2.87. The summed E-state index contributed by atoms with van der Waals surface area (Å²) in [5, 5.41) is 18.5. The van der Waals surface area contributed by atoms with Crippen LogP contribution >= 0.6 is 0 Å². The van der Waals surface area contributed by atoms with E-state index in [2.05, 4.69) is 15.8 Å². The van der Waals surface area contributed by atoms with Gasteiger partial charge >= 0.3 is 0 Å². The third-order valence-electron chi connectivity index (χ3n) is 5.02. The van der Waals surface area contributed by atoms with Crippen molar-refractivity contribution < 1.29 is 18.4 Å². The van der Waals surface area contributed by atoms with Crippen LogP contribution in [0.3, 0.4) is 0 Å². The molecule has 3 rings (SSSR count). The van der Waals surface area contributed by atoms with Gasteiger partial charge in [0.2, 0.25) is 0 Å². The molecule has 0 aliphatic heterocycles. The summed E-state index contributed by atoms with van der Waals surface area (Å²) in [6.07, 6.45) is 0. The second-order valence-electron chi connectivity index (χ2n) is 7.02. The number of benzene rings is 2. The van der Waals surface area contributed by atoms with Crippen molar-refractivity contribution in [3.63, 3.8) is 0 Å². The zero-order valence-electron chi connectivity index (χ0n) is 18.0. The molecule has 0 saturated carbocycles. The summed E-state index contributed by atoms with van der Waals surface area (Å²) in [7, 11) is -3.36. The van der Waals surface area contributed by atoms with Crippen LogP contribution in [0.2, 0.25) is 0 Å². The minimum atomic E-state index is -4.47. The molecule has 33 heavy (non-hydrogen) atoms. The van der Waals surface area contributed by atoms with Crippen molar-refractivity contribution in [3.8, 4) is 5.75 Å². The fourth-order valence-electron chi connectivity index (χ4n) is 3.33. The normalized spacial score (nSPS) is 12.6. The molecule has 0 heterocycles. The molecule has 0 bridgehead atoms. The Hall–Kier alpha value is -3.61. The minimum absolute atomic E-state index is 0.0160. The second-order valence-corrected chi connectivity index (χ2v) is 8.78. The Morgan fingerprint density at radius 3 is 2.30 bits per heavy atom. The fourth-order valence-corrected chi connectivity index (χ4v) is 4.79. The molecular weight excluding hydrogens is 452 g/mol. The molecule has 0 aliphatic carbocycles. The first-order valence-electron chi connectivity index (χ1n) is 9.85. The summed E-state index contributed by atoms with van der Waals surface area (Å²) in [6, 6.07) is 11.1. The first-order valence-corrected chi connectivity index (χ1v) is 11.3. The maximum absolute atomic E-state index is 12.9. The van der Waals surface area contributed by atoms with Gasteiger partial charge in [0.25, 0.3) is 20.9 Å². The topological polar surface area (TPSA) is 154 Å². The first-order chi connectivity index (χ1) is 15.7. The molecule has 3 aromatic rings. The Bertz CT molecular complexity index is 1350. The van der Waals surface area contributed by atoms with Crippen LogP contribution in [-0.2, 0) is 14.9 Å². The zero-order valence-corrected chi connectivity index (χ0v) is 18.8. The lowest BCUT2D eigenvalue weighted by molar-refractivity contribution is -0.0443. The molecule has 174 valence electrons. The van der Waals surface area contributed by atoms with Gasteiger partial charge in [-0.25, -0.2) is 8.42 Å². The number of anilines is 3. The van der Waals surface area contributed by atoms with Crippen molar-refractivity contribution in [2.24, 2.45) is 5.18 Å². The van der Waals surface area contributed by atoms with Gasteiger partial charge in [0.15, 0.2) is 10.6 Å². The lowest BCUT2D eigenvalue weighted by atomic mass is 10.1. The summed E-state index contributed by atoms with van der Waals surface area (Å²) in [5.74, 6) is -0.730. The van der Waals surface area contributed by atoms with Gasteiger partial charge in [-0.1, -0.05) is 34.8 Å². The van der Waals surface area contributed by atoms with Gasteiger partial charge in [0.1, 0.15) is 17.1 Å². The van der Waals surface area contributed by atoms with E-state index in [9.17, 15) is 28.0 Å². The van der Waals surface area contributed by atoms with Gasteiger partial charge in [-0.3, -0.25) is 14.4 Å². The van der Waals surface area contributed by atoms with E-state index in [1.807, 2.05) is 30.3 Å². The van der Waals surface area contributed by atoms with Gasteiger partial charge in [-0.05, 0) is 36.7 Å². The van der Waals surface area contributed by atoms with Crippen molar-refractivity contribution in [1.82, 2.24) is 4.47 Å². The highest BCUT2D eigenvalue weighted by molar-refractivity contribution is 7.89. The molecule has 0 amide bonds. The number of nitroso groups, excluding NO2 is 1. The number of hydroxylamine groups is 1. The zero-order chi connectivity index (χ0) is 24.3. The fraction of sp³-hybridized carbons (Fsp3) is 0.238. The third-order valence-corrected chi connectivity index (χ3v) is 6.88. The van der Waals surface area contributed by atoms with Crippen molar-refractivity contribution in [2.75, 3.05) is 24.3 Å².